The van der Waals surface area contributed by atoms with Crippen LogP contribution in [0.15, 0.2) is 41.0 Å². The van der Waals surface area contributed by atoms with Crippen molar-refractivity contribution in [2.24, 2.45) is 5.73 Å². The van der Waals surface area contributed by atoms with E-state index in [1.54, 1.807) is 0 Å². The lowest BCUT2D eigenvalue weighted by Gasteiger charge is -2.47. The second kappa shape index (κ2) is 5.58. The van der Waals surface area contributed by atoms with Crippen molar-refractivity contribution in [3.05, 3.63) is 52.3 Å². The van der Waals surface area contributed by atoms with Gasteiger partial charge in [-0.2, -0.15) is 5.10 Å². The zero-order valence-electron chi connectivity index (χ0n) is 12.6. The molecule has 4 heteroatoms. The number of benzene rings is 1. The molecule has 112 valence electrons. The standard InChI is InChI=1S/C17H22BrN3/c1-12(2)21-15(14(18)11-20-21)16(19)17(9-6-10-17)13-7-4-3-5-8-13/h3-5,7-8,11-12,16H,6,9-10,19H2,1-2H3. The van der Waals surface area contributed by atoms with Gasteiger partial charge in [-0.15, -0.1) is 0 Å². The molecule has 1 aliphatic rings. The Kier molecular flexibility index (Phi) is 3.93. The Hall–Kier alpha value is -1.13. The highest BCUT2D eigenvalue weighted by atomic mass is 79.9. The third kappa shape index (κ3) is 2.34. The van der Waals surface area contributed by atoms with Crippen molar-refractivity contribution in [3.8, 4) is 0 Å². The van der Waals surface area contributed by atoms with E-state index in [2.05, 4.69) is 69.9 Å². The summed E-state index contributed by atoms with van der Waals surface area (Å²) in [6.45, 7) is 4.29. The van der Waals surface area contributed by atoms with Crippen molar-refractivity contribution in [3.63, 3.8) is 0 Å². The van der Waals surface area contributed by atoms with E-state index in [9.17, 15) is 0 Å². The van der Waals surface area contributed by atoms with E-state index in [0.717, 1.165) is 23.0 Å². The van der Waals surface area contributed by atoms with Gasteiger partial charge in [-0.05, 0) is 48.2 Å². The molecule has 1 aliphatic carbocycles. The number of hydrogen-bond acceptors (Lipinski definition) is 2. The van der Waals surface area contributed by atoms with E-state index in [4.69, 9.17) is 5.73 Å². The summed E-state index contributed by atoms with van der Waals surface area (Å²) in [7, 11) is 0. The molecule has 2 aromatic rings. The first-order valence-corrected chi connectivity index (χ1v) is 8.39. The first kappa shape index (κ1) is 14.8. The smallest absolute Gasteiger partial charge is 0.0705 e. The van der Waals surface area contributed by atoms with Gasteiger partial charge in [-0.3, -0.25) is 4.68 Å². The lowest BCUT2D eigenvalue weighted by Crippen LogP contribution is -2.45. The van der Waals surface area contributed by atoms with E-state index in [1.165, 1.54) is 12.0 Å². The topological polar surface area (TPSA) is 43.8 Å². The molecule has 0 spiro atoms. The molecule has 2 N–H and O–H groups in total. The van der Waals surface area contributed by atoms with Gasteiger partial charge in [0.25, 0.3) is 0 Å². The SMILES string of the molecule is CC(C)n1ncc(Br)c1C(N)C1(c2ccccc2)CCC1. The maximum atomic E-state index is 6.76. The van der Waals surface area contributed by atoms with E-state index in [0.29, 0.717) is 6.04 Å². The Morgan fingerprint density at radius 1 is 1.24 bits per heavy atom. The molecule has 3 nitrogen and oxygen atoms in total. The summed E-state index contributed by atoms with van der Waals surface area (Å²) in [4.78, 5) is 0. The van der Waals surface area contributed by atoms with Crippen molar-refractivity contribution < 1.29 is 0 Å². The summed E-state index contributed by atoms with van der Waals surface area (Å²) in [6.07, 6.45) is 5.41. The summed E-state index contributed by atoms with van der Waals surface area (Å²) >= 11 is 3.64. The second-order valence-corrected chi connectivity index (χ2v) is 7.12. The van der Waals surface area contributed by atoms with Gasteiger partial charge in [0.05, 0.1) is 22.4 Å². The van der Waals surface area contributed by atoms with E-state index in [1.807, 2.05) is 6.20 Å². The number of aromatic nitrogens is 2. The van der Waals surface area contributed by atoms with E-state index in [-0.39, 0.29) is 11.5 Å². The minimum absolute atomic E-state index is 0.0343. The fourth-order valence-electron chi connectivity index (χ4n) is 3.42. The molecule has 0 amide bonds. The summed E-state index contributed by atoms with van der Waals surface area (Å²) < 4.78 is 3.07. The van der Waals surface area contributed by atoms with Gasteiger partial charge < -0.3 is 5.73 Å². The van der Waals surface area contributed by atoms with Crippen molar-refractivity contribution in [2.75, 3.05) is 0 Å². The Morgan fingerprint density at radius 2 is 1.90 bits per heavy atom. The number of nitrogens with zero attached hydrogens (tertiary/aromatic N) is 2. The zero-order valence-corrected chi connectivity index (χ0v) is 14.2. The van der Waals surface area contributed by atoms with E-state index >= 15 is 0 Å². The molecule has 0 aliphatic heterocycles. The quantitative estimate of drug-likeness (QED) is 0.893. The molecule has 1 unspecified atom stereocenters. The van der Waals surface area contributed by atoms with Crippen LogP contribution >= 0.6 is 15.9 Å². The minimum Gasteiger partial charge on any atom is -0.322 e. The van der Waals surface area contributed by atoms with Crippen LogP contribution in [0, 0.1) is 0 Å². The number of nitrogens with two attached hydrogens (primary N) is 1. The summed E-state index contributed by atoms with van der Waals surface area (Å²) in [6, 6.07) is 11.0. The predicted octanol–water partition coefficient (Wildman–Crippen LogP) is 4.35. The third-order valence-corrected chi connectivity index (χ3v) is 5.37. The molecule has 0 bridgehead atoms. The Morgan fingerprint density at radius 3 is 2.43 bits per heavy atom. The van der Waals surface area contributed by atoms with Crippen LogP contribution in [-0.2, 0) is 5.41 Å². The van der Waals surface area contributed by atoms with Gasteiger partial charge >= 0.3 is 0 Å². The van der Waals surface area contributed by atoms with Crippen LogP contribution in [0.3, 0.4) is 0 Å². The molecular formula is C17H22BrN3. The van der Waals surface area contributed by atoms with Crippen LogP contribution in [0.1, 0.15) is 56.5 Å². The van der Waals surface area contributed by atoms with Gasteiger partial charge in [0.2, 0.25) is 0 Å². The van der Waals surface area contributed by atoms with Crippen LogP contribution in [-0.4, -0.2) is 9.78 Å². The van der Waals surface area contributed by atoms with Crippen LogP contribution in [0.4, 0.5) is 0 Å². The van der Waals surface area contributed by atoms with Crippen molar-refractivity contribution in [1.29, 1.82) is 0 Å². The average Bonchev–Trinajstić information content (AvgIpc) is 2.80. The second-order valence-electron chi connectivity index (χ2n) is 6.27. The predicted molar refractivity (Wildman–Crippen MR) is 89.2 cm³/mol. The number of halogens is 1. The molecule has 3 rings (SSSR count). The molecule has 0 saturated heterocycles. The largest absolute Gasteiger partial charge is 0.322 e. The van der Waals surface area contributed by atoms with Crippen molar-refractivity contribution in [2.45, 2.75) is 50.6 Å². The Bertz CT molecular complexity index is 614. The van der Waals surface area contributed by atoms with Crippen molar-refractivity contribution in [1.82, 2.24) is 9.78 Å². The van der Waals surface area contributed by atoms with Gasteiger partial charge in [0, 0.05) is 11.5 Å². The van der Waals surface area contributed by atoms with Gasteiger partial charge in [-0.25, -0.2) is 0 Å². The van der Waals surface area contributed by atoms with E-state index < -0.39 is 0 Å². The van der Waals surface area contributed by atoms with Crippen LogP contribution in [0.2, 0.25) is 0 Å². The number of rotatable bonds is 4. The monoisotopic (exact) mass is 347 g/mol. The van der Waals surface area contributed by atoms with Crippen molar-refractivity contribution >= 4 is 15.9 Å². The molecule has 1 heterocycles. The van der Waals surface area contributed by atoms with Crippen LogP contribution in [0.5, 0.6) is 0 Å². The summed E-state index contributed by atoms with van der Waals surface area (Å²) in [5.74, 6) is 0. The first-order chi connectivity index (χ1) is 10.1. The number of hydrogen-bond donors (Lipinski definition) is 1. The average molecular weight is 348 g/mol. The minimum atomic E-state index is -0.0343. The fourth-order valence-corrected chi connectivity index (χ4v) is 3.94. The maximum absolute atomic E-state index is 6.76. The fraction of sp³-hybridized carbons (Fsp3) is 0.471. The zero-order chi connectivity index (χ0) is 15.0. The molecule has 21 heavy (non-hydrogen) atoms. The highest BCUT2D eigenvalue weighted by Crippen LogP contribution is 2.52. The molecular weight excluding hydrogens is 326 g/mol. The first-order valence-electron chi connectivity index (χ1n) is 7.60. The normalized spacial score (nSPS) is 18.5. The molecule has 0 radical (unpaired) electrons. The molecule has 1 aromatic heterocycles. The Balaban J connectivity index is 2.05. The molecule has 1 aromatic carbocycles. The van der Waals surface area contributed by atoms with Gasteiger partial charge in [0.15, 0.2) is 0 Å². The third-order valence-electron chi connectivity index (χ3n) is 4.76. The lowest BCUT2D eigenvalue weighted by atomic mass is 9.59. The van der Waals surface area contributed by atoms with Crippen LogP contribution < -0.4 is 5.73 Å². The maximum Gasteiger partial charge on any atom is 0.0705 e. The van der Waals surface area contributed by atoms with Gasteiger partial charge in [0.1, 0.15) is 0 Å². The van der Waals surface area contributed by atoms with Gasteiger partial charge in [-0.1, -0.05) is 36.8 Å². The summed E-state index contributed by atoms with van der Waals surface area (Å²) in [5, 5.41) is 4.49. The van der Waals surface area contributed by atoms with Crippen LogP contribution in [0.25, 0.3) is 0 Å². The Labute approximate surface area is 134 Å². The lowest BCUT2D eigenvalue weighted by molar-refractivity contribution is 0.188. The highest BCUT2D eigenvalue weighted by Gasteiger charge is 2.46. The molecule has 1 fully saturated rings. The molecule has 1 saturated carbocycles. The molecule has 1 atom stereocenters. The summed E-state index contributed by atoms with van der Waals surface area (Å²) in [5.41, 5.74) is 9.29. The highest BCUT2D eigenvalue weighted by molar-refractivity contribution is 9.10.